The zero-order chi connectivity index (χ0) is 20.3. The summed E-state index contributed by atoms with van der Waals surface area (Å²) in [7, 11) is 0. The second-order valence-corrected chi connectivity index (χ2v) is 9.21. The van der Waals surface area contributed by atoms with Gasteiger partial charge < -0.3 is 9.47 Å². The average Bonchev–Trinajstić information content (AvgIpc) is 2.66. The number of hydrogen-bond donors (Lipinski definition) is 0. The molecule has 3 aliphatic rings. The third kappa shape index (κ3) is 4.87. The number of fused-ring (bicyclic) bond motifs is 1. The molecule has 4 heteroatoms. The summed E-state index contributed by atoms with van der Waals surface area (Å²) < 4.78 is 11.6. The van der Waals surface area contributed by atoms with Gasteiger partial charge in [0.15, 0.2) is 0 Å². The Balaban J connectivity index is 1.70. The number of rotatable bonds is 6. The molecule has 1 saturated heterocycles. The van der Waals surface area contributed by atoms with E-state index in [2.05, 4.69) is 32.1 Å². The summed E-state index contributed by atoms with van der Waals surface area (Å²) in [5.74, 6) is 1.35. The Kier molecular flexibility index (Phi) is 7.00. The molecule has 0 aromatic heterocycles. The predicted octanol–water partition coefficient (Wildman–Crippen LogP) is 5.22. The van der Waals surface area contributed by atoms with E-state index in [9.17, 15) is 9.59 Å². The van der Waals surface area contributed by atoms with Gasteiger partial charge in [0.1, 0.15) is 12.2 Å². The maximum atomic E-state index is 12.5. The quantitative estimate of drug-likeness (QED) is 0.585. The molecule has 0 saturated carbocycles. The molecule has 1 heterocycles. The van der Waals surface area contributed by atoms with Crippen LogP contribution in [0, 0.1) is 29.6 Å². The normalized spacial score (nSPS) is 36.1. The fourth-order valence-electron chi connectivity index (χ4n) is 5.04. The van der Waals surface area contributed by atoms with Crippen molar-refractivity contribution in [3.05, 3.63) is 23.8 Å². The van der Waals surface area contributed by atoms with E-state index in [1.165, 1.54) is 5.57 Å². The van der Waals surface area contributed by atoms with Gasteiger partial charge in [-0.15, -0.1) is 0 Å². The molecule has 1 aliphatic heterocycles. The fraction of sp³-hybridized carbons (Fsp3) is 0.750. The van der Waals surface area contributed by atoms with Crippen molar-refractivity contribution in [2.24, 2.45) is 29.6 Å². The van der Waals surface area contributed by atoms with E-state index in [1.54, 1.807) is 0 Å². The molecule has 156 valence electrons. The highest BCUT2D eigenvalue weighted by Gasteiger charge is 2.40. The lowest BCUT2D eigenvalue weighted by Gasteiger charge is -2.42. The van der Waals surface area contributed by atoms with Crippen LogP contribution in [0.2, 0.25) is 0 Å². The Morgan fingerprint density at radius 3 is 2.82 bits per heavy atom. The van der Waals surface area contributed by atoms with Crippen molar-refractivity contribution < 1.29 is 19.1 Å². The number of ether oxygens (including phenoxy) is 2. The Hall–Kier alpha value is -1.58. The molecule has 4 nitrogen and oxygen atoms in total. The SMILES string of the molecule is CCC(C)C(=O)OC1CCC=C2C=C[C@H](C)[C@H](CC[C@@H]3C[C@@H](C)CC(=O)O3)[C@H]21. The van der Waals surface area contributed by atoms with Gasteiger partial charge in [-0.2, -0.15) is 0 Å². The molecule has 1 fully saturated rings. The van der Waals surface area contributed by atoms with Crippen LogP contribution >= 0.6 is 0 Å². The van der Waals surface area contributed by atoms with Crippen LogP contribution in [0.1, 0.15) is 72.6 Å². The van der Waals surface area contributed by atoms with Gasteiger partial charge in [-0.3, -0.25) is 9.59 Å². The zero-order valence-corrected chi connectivity index (χ0v) is 17.9. The molecular formula is C24H36O4. The van der Waals surface area contributed by atoms with Crippen LogP contribution < -0.4 is 0 Å². The first-order valence-electron chi connectivity index (χ1n) is 11.2. The lowest BCUT2D eigenvalue weighted by molar-refractivity contribution is -0.160. The number of allylic oxidation sites excluding steroid dienone is 3. The van der Waals surface area contributed by atoms with Crippen molar-refractivity contribution >= 4 is 11.9 Å². The number of hydrogen-bond acceptors (Lipinski definition) is 4. The first-order chi connectivity index (χ1) is 13.4. The van der Waals surface area contributed by atoms with Crippen LogP contribution in [-0.4, -0.2) is 24.1 Å². The molecule has 0 aromatic carbocycles. The van der Waals surface area contributed by atoms with Crippen LogP contribution in [0.25, 0.3) is 0 Å². The van der Waals surface area contributed by atoms with Crippen molar-refractivity contribution in [2.45, 2.75) is 84.8 Å². The molecule has 2 unspecified atom stereocenters. The summed E-state index contributed by atoms with van der Waals surface area (Å²) >= 11 is 0. The third-order valence-corrected chi connectivity index (χ3v) is 6.93. The highest BCUT2D eigenvalue weighted by molar-refractivity contribution is 5.72. The first kappa shape index (κ1) is 21.1. The van der Waals surface area contributed by atoms with Crippen molar-refractivity contribution in [2.75, 3.05) is 0 Å². The van der Waals surface area contributed by atoms with Crippen molar-refractivity contribution in [3.8, 4) is 0 Å². The fourth-order valence-corrected chi connectivity index (χ4v) is 5.04. The smallest absolute Gasteiger partial charge is 0.308 e. The molecule has 2 aliphatic carbocycles. The summed E-state index contributed by atoms with van der Waals surface area (Å²) in [6.07, 6.45) is 12.9. The van der Waals surface area contributed by atoms with Gasteiger partial charge in [-0.1, -0.05) is 45.9 Å². The Morgan fingerprint density at radius 2 is 2.11 bits per heavy atom. The molecular weight excluding hydrogens is 352 g/mol. The summed E-state index contributed by atoms with van der Waals surface area (Å²) in [5.41, 5.74) is 1.32. The highest BCUT2D eigenvalue weighted by Crippen LogP contribution is 2.44. The molecule has 0 amide bonds. The van der Waals surface area contributed by atoms with Gasteiger partial charge >= 0.3 is 11.9 Å². The van der Waals surface area contributed by atoms with E-state index < -0.39 is 0 Å². The van der Waals surface area contributed by atoms with Gasteiger partial charge in [0, 0.05) is 12.3 Å². The van der Waals surface area contributed by atoms with Gasteiger partial charge in [-0.25, -0.2) is 0 Å². The minimum absolute atomic E-state index is 0.0338. The second kappa shape index (κ2) is 9.28. The summed E-state index contributed by atoms with van der Waals surface area (Å²) in [6, 6.07) is 0. The van der Waals surface area contributed by atoms with Gasteiger partial charge in [0.2, 0.25) is 0 Å². The minimum atomic E-state index is -0.0651. The second-order valence-electron chi connectivity index (χ2n) is 9.21. The Labute approximate surface area is 169 Å². The van der Waals surface area contributed by atoms with Crippen LogP contribution in [-0.2, 0) is 19.1 Å². The van der Waals surface area contributed by atoms with Crippen molar-refractivity contribution in [3.63, 3.8) is 0 Å². The highest BCUT2D eigenvalue weighted by atomic mass is 16.5. The maximum Gasteiger partial charge on any atom is 0.308 e. The third-order valence-electron chi connectivity index (χ3n) is 6.93. The standard InChI is InChI=1S/C24H36O4/c1-5-16(3)24(26)28-21-8-6-7-18-10-9-17(4)20(23(18)21)12-11-19-13-15(2)14-22(25)27-19/h7,9-10,15-17,19-21,23H,5-6,8,11-14H2,1-4H3/t15-,16?,17+,19-,20+,21?,23+/m1/s1. The van der Waals surface area contributed by atoms with E-state index in [0.29, 0.717) is 24.2 Å². The van der Waals surface area contributed by atoms with Crippen molar-refractivity contribution in [1.82, 2.24) is 0 Å². The van der Waals surface area contributed by atoms with Gasteiger partial charge in [0.05, 0.1) is 5.92 Å². The number of esters is 2. The lowest BCUT2D eigenvalue weighted by Crippen LogP contribution is -2.40. The van der Waals surface area contributed by atoms with Crippen LogP contribution in [0.15, 0.2) is 23.8 Å². The lowest BCUT2D eigenvalue weighted by atomic mass is 9.66. The molecule has 7 atom stereocenters. The van der Waals surface area contributed by atoms with E-state index in [4.69, 9.17) is 9.47 Å². The largest absolute Gasteiger partial charge is 0.462 e. The summed E-state index contributed by atoms with van der Waals surface area (Å²) in [4.78, 5) is 24.3. The van der Waals surface area contributed by atoms with Crippen LogP contribution in [0.4, 0.5) is 0 Å². The average molecular weight is 389 g/mol. The topological polar surface area (TPSA) is 52.6 Å². The van der Waals surface area contributed by atoms with E-state index in [1.807, 2.05) is 13.8 Å². The van der Waals surface area contributed by atoms with Gasteiger partial charge in [0.25, 0.3) is 0 Å². The van der Waals surface area contributed by atoms with Gasteiger partial charge in [-0.05, 0) is 61.9 Å². The minimum Gasteiger partial charge on any atom is -0.462 e. The van der Waals surface area contributed by atoms with E-state index in [-0.39, 0.29) is 36.0 Å². The predicted molar refractivity (Wildman–Crippen MR) is 109 cm³/mol. The number of cyclic esters (lactones) is 1. The van der Waals surface area contributed by atoms with E-state index in [0.717, 1.165) is 38.5 Å². The molecule has 28 heavy (non-hydrogen) atoms. The van der Waals surface area contributed by atoms with E-state index >= 15 is 0 Å². The molecule has 0 aromatic rings. The molecule has 0 bridgehead atoms. The number of carbonyl (C=O) groups excluding carboxylic acids is 2. The summed E-state index contributed by atoms with van der Waals surface area (Å²) in [5, 5.41) is 0. The monoisotopic (exact) mass is 388 g/mol. The Bertz CT molecular complexity index is 635. The zero-order valence-electron chi connectivity index (χ0n) is 17.9. The maximum absolute atomic E-state index is 12.5. The molecule has 0 N–H and O–H groups in total. The Morgan fingerprint density at radius 1 is 1.32 bits per heavy atom. The first-order valence-corrected chi connectivity index (χ1v) is 11.2. The molecule has 0 radical (unpaired) electrons. The number of carbonyl (C=O) groups is 2. The molecule has 0 spiro atoms. The van der Waals surface area contributed by atoms with Crippen LogP contribution in [0.3, 0.4) is 0 Å². The van der Waals surface area contributed by atoms with Crippen molar-refractivity contribution in [1.29, 1.82) is 0 Å². The van der Waals surface area contributed by atoms with Crippen LogP contribution in [0.5, 0.6) is 0 Å². The summed E-state index contributed by atoms with van der Waals surface area (Å²) in [6.45, 7) is 8.36. The molecule has 3 rings (SSSR count).